The number of likely N-dealkylation sites (tertiary alicyclic amines) is 1. The molecular formula is C24H29F3N4O4. The van der Waals surface area contributed by atoms with Gasteiger partial charge in [-0.05, 0) is 48.2 Å². The number of aliphatic hydroxyl groups is 1. The molecule has 190 valence electrons. The molecule has 2 fully saturated rings. The van der Waals surface area contributed by atoms with E-state index in [1.54, 1.807) is 13.0 Å². The first-order chi connectivity index (χ1) is 16.8. The zero-order valence-electron chi connectivity index (χ0n) is 19.5. The minimum absolute atomic E-state index is 0.0587. The number of rotatable bonds is 6. The fourth-order valence-electron chi connectivity index (χ4n) is 4.24. The molecule has 2 aliphatic heterocycles. The number of aliphatic hydroxyl groups excluding tert-OH is 1. The van der Waals surface area contributed by atoms with Crippen molar-refractivity contribution < 1.29 is 32.5 Å². The van der Waals surface area contributed by atoms with Crippen molar-refractivity contribution in [1.29, 1.82) is 0 Å². The molecule has 0 bridgehead atoms. The van der Waals surface area contributed by atoms with Gasteiger partial charge >= 0.3 is 6.03 Å². The Balaban J connectivity index is 1.64. The van der Waals surface area contributed by atoms with E-state index in [2.05, 4.69) is 10.3 Å². The number of aryl methyl sites for hydroxylation is 1. The number of nitrogens with zero attached hydrogens (tertiary/aromatic N) is 3. The molecule has 0 aliphatic carbocycles. The Hall–Kier alpha value is -3.05. The molecule has 4 rings (SSSR count). The zero-order valence-corrected chi connectivity index (χ0v) is 19.5. The first-order valence-corrected chi connectivity index (χ1v) is 11.6. The van der Waals surface area contributed by atoms with Gasteiger partial charge in [0.15, 0.2) is 0 Å². The van der Waals surface area contributed by atoms with Crippen LogP contribution in [0.2, 0.25) is 0 Å². The predicted molar refractivity (Wildman–Crippen MR) is 125 cm³/mol. The Morgan fingerprint density at radius 2 is 2.00 bits per heavy atom. The number of piperidine rings is 1. The summed E-state index contributed by atoms with van der Waals surface area (Å²) in [5, 5.41) is 11.6. The minimum atomic E-state index is -2.95. The number of hydrogen-bond acceptors (Lipinski definition) is 6. The van der Waals surface area contributed by atoms with Crippen molar-refractivity contribution in [2.75, 3.05) is 62.8 Å². The number of carbonyl (C=O) groups is 1. The molecule has 0 unspecified atom stereocenters. The number of amides is 2. The molecule has 0 atom stereocenters. The van der Waals surface area contributed by atoms with Crippen LogP contribution in [0.1, 0.15) is 18.4 Å². The quantitative estimate of drug-likeness (QED) is 0.638. The fourth-order valence-corrected chi connectivity index (χ4v) is 4.24. The molecule has 2 N–H and O–H groups in total. The van der Waals surface area contributed by atoms with Gasteiger partial charge in [0.1, 0.15) is 18.2 Å². The van der Waals surface area contributed by atoms with Crippen molar-refractivity contribution in [2.45, 2.75) is 25.7 Å². The molecule has 1 aromatic carbocycles. The molecule has 0 spiro atoms. The highest BCUT2D eigenvalue weighted by Gasteiger charge is 2.37. The Bertz CT molecular complexity index is 1060. The van der Waals surface area contributed by atoms with E-state index in [9.17, 15) is 18.0 Å². The molecule has 1 aromatic heterocycles. The third-order valence-corrected chi connectivity index (χ3v) is 6.01. The maximum Gasteiger partial charge on any atom is 0.322 e. The first-order valence-electron chi connectivity index (χ1n) is 11.6. The third kappa shape index (κ3) is 6.15. The van der Waals surface area contributed by atoms with E-state index in [-0.39, 0.29) is 38.3 Å². The van der Waals surface area contributed by atoms with E-state index in [1.165, 1.54) is 12.1 Å². The van der Waals surface area contributed by atoms with Crippen molar-refractivity contribution in [2.24, 2.45) is 0 Å². The number of benzene rings is 1. The van der Waals surface area contributed by atoms with Crippen LogP contribution in [0.5, 0.6) is 5.88 Å². The number of hydrogen-bond donors (Lipinski definition) is 2. The molecule has 0 radical (unpaired) electrons. The second-order valence-electron chi connectivity index (χ2n) is 8.68. The number of pyridine rings is 1. The summed E-state index contributed by atoms with van der Waals surface area (Å²) in [7, 11) is 0. The summed E-state index contributed by atoms with van der Waals surface area (Å²) in [5.41, 5.74) is 1.80. The molecule has 2 saturated heterocycles. The summed E-state index contributed by atoms with van der Waals surface area (Å²) in [4.78, 5) is 20.2. The molecule has 11 heteroatoms. The van der Waals surface area contributed by atoms with Crippen LogP contribution in [0.3, 0.4) is 0 Å². The number of anilines is 2. The van der Waals surface area contributed by atoms with E-state index in [1.807, 2.05) is 11.0 Å². The van der Waals surface area contributed by atoms with Crippen LogP contribution in [0, 0.1) is 12.7 Å². The SMILES string of the molecule is Cc1cc(F)c(NC(=O)N2CCCC(F)(F)C2)cc1-c1cc(OCCO)nc(N2CCOCC2)c1. The van der Waals surface area contributed by atoms with E-state index < -0.39 is 24.3 Å². The highest BCUT2D eigenvalue weighted by Crippen LogP contribution is 2.34. The molecule has 3 heterocycles. The van der Waals surface area contributed by atoms with Crippen LogP contribution < -0.4 is 15.0 Å². The lowest BCUT2D eigenvalue weighted by Gasteiger charge is -2.32. The van der Waals surface area contributed by atoms with Crippen LogP contribution >= 0.6 is 0 Å². The lowest BCUT2D eigenvalue weighted by atomic mass is 10.00. The number of nitrogens with one attached hydrogen (secondary N) is 1. The van der Waals surface area contributed by atoms with Crippen molar-refractivity contribution >= 4 is 17.5 Å². The summed E-state index contributed by atoms with van der Waals surface area (Å²) in [6.07, 6.45) is -0.0893. The van der Waals surface area contributed by atoms with E-state index in [4.69, 9.17) is 14.6 Å². The van der Waals surface area contributed by atoms with Crippen LogP contribution in [0.4, 0.5) is 29.5 Å². The highest BCUT2D eigenvalue weighted by atomic mass is 19.3. The zero-order chi connectivity index (χ0) is 25.0. The number of urea groups is 1. The van der Waals surface area contributed by atoms with Gasteiger partial charge in [0.2, 0.25) is 5.88 Å². The number of halogens is 3. The Morgan fingerprint density at radius 1 is 1.23 bits per heavy atom. The largest absolute Gasteiger partial charge is 0.475 e. The van der Waals surface area contributed by atoms with Crippen molar-refractivity contribution in [3.8, 4) is 17.0 Å². The smallest absolute Gasteiger partial charge is 0.322 e. The molecule has 2 amide bonds. The van der Waals surface area contributed by atoms with Gasteiger partial charge in [-0.15, -0.1) is 0 Å². The van der Waals surface area contributed by atoms with Gasteiger partial charge in [-0.25, -0.2) is 18.0 Å². The molecule has 0 saturated carbocycles. The van der Waals surface area contributed by atoms with Gasteiger partial charge in [-0.2, -0.15) is 4.98 Å². The summed E-state index contributed by atoms with van der Waals surface area (Å²) >= 11 is 0. The number of alkyl halides is 2. The van der Waals surface area contributed by atoms with Gasteiger partial charge in [0.05, 0.1) is 32.1 Å². The second kappa shape index (κ2) is 10.7. The topological polar surface area (TPSA) is 87.2 Å². The van der Waals surface area contributed by atoms with Gasteiger partial charge in [-0.1, -0.05) is 0 Å². The summed E-state index contributed by atoms with van der Waals surface area (Å²) < 4.78 is 53.2. The molecule has 2 aliphatic rings. The average Bonchev–Trinajstić information content (AvgIpc) is 2.84. The third-order valence-electron chi connectivity index (χ3n) is 6.01. The van der Waals surface area contributed by atoms with E-state index >= 15 is 0 Å². The maximum atomic E-state index is 14.8. The molecule has 2 aromatic rings. The second-order valence-corrected chi connectivity index (χ2v) is 8.68. The Kier molecular flexibility index (Phi) is 7.66. The number of morpholine rings is 1. The number of aromatic nitrogens is 1. The van der Waals surface area contributed by atoms with Crippen molar-refractivity contribution in [3.05, 3.63) is 35.6 Å². The summed E-state index contributed by atoms with van der Waals surface area (Å²) in [6, 6.07) is 5.52. The molecular weight excluding hydrogens is 465 g/mol. The number of carbonyl (C=O) groups excluding carboxylic acids is 1. The standard InChI is InChI=1S/C24H29F3N4O4/c1-16-11-19(25)20(28-23(33)31-4-2-3-24(26,27)15-31)14-18(16)17-12-21(30-5-8-34-9-6-30)29-22(13-17)35-10-7-32/h11-14,32H,2-10,15H2,1H3,(H,28,33). The Morgan fingerprint density at radius 3 is 2.71 bits per heavy atom. The first kappa shape index (κ1) is 25.1. The maximum absolute atomic E-state index is 14.8. The van der Waals surface area contributed by atoms with Gasteiger partial charge in [0, 0.05) is 32.1 Å². The monoisotopic (exact) mass is 494 g/mol. The summed E-state index contributed by atoms with van der Waals surface area (Å²) in [6.45, 7) is 3.49. The normalized spacial score (nSPS) is 17.9. The van der Waals surface area contributed by atoms with Crippen LogP contribution in [0.25, 0.3) is 11.1 Å². The van der Waals surface area contributed by atoms with Gasteiger partial charge in [0.25, 0.3) is 5.92 Å². The van der Waals surface area contributed by atoms with Crippen LogP contribution in [0.15, 0.2) is 24.3 Å². The average molecular weight is 495 g/mol. The van der Waals surface area contributed by atoms with E-state index in [0.29, 0.717) is 54.7 Å². The fraction of sp³-hybridized carbons (Fsp3) is 0.500. The van der Waals surface area contributed by atoms with Crippen LogP contribution in [-0.2, 0) is 4.74 Å². The predicted octanol–water partition coefficient (Wildman–Crippen LogP) is 3.67. The lowest BCUT2D eigenvalue weighted by Crippen LogP contribution is -2.47. The van der Waals surface area contributed by atoms with E-state index in [0.717, 1.165) is 4.90 Å². The van der Waals surface area contributed by atoms with Crippen molar-refractivity contribution in [1.82, 2.24) is 9.88 Å². The van der Waals surface area contributed by atoms with Gasteiger partial charge < -0.3 is 29.7 Å². The molecule has 35 heavy (non-hydrogen) atoms. The highest BCUT2D eigenvalue weighted by molar-refractivity contribution is 5.91. The lowest BCUT2D eigenvalue weighted by molar-refractivity contribution is -0.0510. The van der Waals surface area contributed by atoms with Crippen molar-refractivity contribution in [3.63, 3.8) is 0 Å². The molecule has 8 nitrogen and oxygen atoms in total. The number of ether oxygens (including phenoxy) is 2. The minimum Gasteiger partial charge on any atom is -0.475 e. The van der Waals surface area contributed by atoms with Gasteiger partial charge in [-0.3, -0.25) is 0 Å². The Labute approximate surface area is 201 Å². The summed E-state index contributed by atoms with van der Waals surface area (Å²) in [5.74, 6) is -2.68. The van der Waals surface area contributed by atoms with Crippen LogP contribution in [-0.4, -0.2) is 79.6 Å².